The maximum absolute atomic E-state index is 12.9. The lowest BCUT2D eigenvalue weighted by molar-refractivity contribution is 0.0736. The summed E-state index contributed by atoms with van der Waals surface area (Å²) in [7, 11) is 1.63. The highest BCUT2D eigenvalue weighted by Gasteiger charge is 2.30. The first-order valence-corrected chi connectivity index (χ1v) is 8.67. The molecule has 2 aromatic rings. The highest BCUT2D eigenvalue weighted by atomic mass is 35.5. The van der Waals surface area contributed by atoms with Crippen LogP contribution in [0.15, 0.2) is 42.5 Å². The summed E-state index contributed by atoms with van der Waals surface area (Å²) in [5.41, 5.74) is 2.82. The van der Waals surface area contributed by atoms with Gasteiger partial charge >= 0.3 is 0 Å². The van der Waals surface area contributed by atoms with Gasteiger partial charge in [0, 0.05) is 23.2 Å². The summed E-state index contributed by atoms with van der Waals surface area (Å²) in [5, 5.41) is 0.772. The number of ether oxygens (including phenoxy) is 1. The van der Waals surface area contributed by atoms with E-state index >= 15 is 0 Å². The van der Waals surface area contributed by atoms with Crippen molar-refractivity contribution in [1.82, 2.24) is 4.90 Å². The van der Waals surface area contributed by atoms with E-state index < -0.39 is 0 Å². The van der Waals surface area contributed by atoms with Crippen molar-refractivity contribution in [2.45, 2.75) is 32.2 Å². The highest BCUT2D eigenvalue weighted by Crippen LogP contribution is 2.27. The Morgan fingerprint density at radius 3 is 2.83 bits per heavy atom. The molecule has 0 bridgehead atoms. The Balaban J connectivity index is 1.80. The molecular formula is C20H22ClNO2. The number of hydrogen-bond donors (Lipinski definition) is 0. The van der Waals surface area contributed by atoms with Crippen molar-refractivity contribution in [3.05, 3.63) is 64.2 Å². The monoisotopic (exact) mass is 343 g/mol. The van der Waals surface area contributed by atoms with E-state index in [9.17, 15) is 4.79 Å². The van der Waals surface area contributed by atoms with Gasteiger partial charge in [0.15, 0.2) is 0 Å². The molecule has 126 valence electrons. The van der Waals surface area contributed by atoms with E-state index in [1.165, 1.54) is 0 Å². The topological polar surface area (TPSA) is 29.5 Å². The maximum Gasteiger partial charge on any atom is 0.254 e. The quantitative estimate of drug-likeness (QED) is 0.817. The molecule has 2 aromatic carbocycles. The molecular weight excluding hydrogens is 322 g/mol. The first-order valence-electron chi connectivity index (χ1n) is 8.29. The van der Waals surface area contributed by atoms with E-state index in [0.717, 1.165) is 47.7 Å². The van der Waals surface area contributed by atoms with Gasteiger partial charge in [0.25, 0.3) is 5.91 Å². The van der Waals surface area contributed by atoms with E-state index in [4.69, 9.17) is 16.3 Å². The third-order valence-corrected chi connectivity index (χ3v) is 5.08. The molecule has 1 atom stereocenters. The third-order valence-electron chi connectivity index (χ3n) is 4.71. The molecule has 4 heteroatoms. The molecule has 1 saturated heterocycles. The summed E-state index contributed by atoms with van der Waals surface area (Å²) < 4.78 is 5.35. The summed E-state index contributed by atoms with van der Waals surface area (Å²) >= 11 is 6.28. The molecule has 1 fully saturated rings. The van der Waals surface area contributed by atoms with Crippen LogP contribution in [-0.4, -0.2) is 30.5 Å². The summed E-state index contributed by atoms with van der Waals surface area (Å²) in [5.74, 6) is 0.825. The number of amides is 1. The number of likely N-dealkylation sites (tertiary alicyclic amines) is 1. The number of rotatable bonds is 4. The average Bonchev–Trinajstić information content (AvgIpc) is 3.05. The number of benzene rings is 2. The molecule has 0 radical (unpaired) electrons. The first kappa shape index (κ1) is 16.8. The van der Waals surface area contributed by atoms with Crippen LogP contribution < -0.4 is 4.74 Å². The van der Waals surface area contributed by atoms with Crippen LogP contribution in [0.25, 0.3) is 0 Å². The first-order chi connectivity index (χ1) is 11.6. The molecule has 0 N–H and O–H groups in total. The van der Waals surface area contributed by atoms with Crippen molar-refractivity contribution < 1.29 is 9.53 Å². The van der Waals surface area contributed by atoms with Crippen LogP contribution in [0.1, 0.15) is 34.3 Å². The number of carbonyl (C=O) groups is 1. The lowest BCUT2D eigenvalue weighted by Gasteiger charge is -2.25. The zero-order chi connectivity index (χ0) is 17.1. The van der Waals surface area contributed by atoms with Gasteiger partial charge in [-0.15, -0.1) is 0 Å². The van der Waals surface area contributed by atoms with Crippen molar-refractivity contribution >= 4 is 17.5 Å². The Bertz CT molecular complexity index is 744. The van der Waals surface area contributed by atoms with Gasteiger partial charge < -0.3 is 9.64 Å². The Morgan fingerprint density at radius 1 is 1.29 bits per heavy atom. The molecule has 0 aromatic heterocycles. The zero-order valence-corrected chi connectivity index (χ0v) is 14.8. The Morgan fingerprint density at radius 2 is 2.08 bits per heavy atom. The lowest BCUT2D eigenvalue weighted by Crippen LogP contribution is -2.36. The second-order valence-corrected chi connectivity index (χ2v) is 6.68. The second kappa shape index (κ2) is 7.27. The minimum Gasteiger partial charge on any atom is -0.496 e. The van der Waals surface area contributed by atoms with Crippen molar-refractivity contribution in [2.75, 3.05) is 13.7 Å². The Kier molecular flexibility index (Phi) is 5.10. The van der Waals surface area contributed by atoms with Crippen molar-refractivity contribution in [2.24, 2.45) is 0 Å². The minimum absolute atomic E-state index is 0.0721. The Labute approximate surface area is 148 Å². The van der Waals surface area contributed by atoms with Crippen LogP contribution in [-0.2, 0) is 6.42 Å². The molecule has 3 nitrogen and oxygen atoms in total. The predicted octanol–water partition coefficient (Wildman–Crippen LogP) is 4.50. The molecule has 24 heavy (non-hydrogen) atoms. The SMILES string of the molecule is COc1cc(C(=O)N2CCCC2Cc2ccccc2Cl)ccc1C. The molecule has 1 aliphatic heterocycles. The van der Waals surface area contributed by atoms with Gasteiger partial charge in [-0.25, -0.2) is 0 Å². The fraction of sp³-hybridized carbons (Fsp3) is 0.350. The molecule has 0 spiro atoms. The molecule has 1 heterocycles. The van der Waals surface area contributed by atoms with Crippen molar-refractivity contribution in [3.63, 3.8) is 0 Å². The van der Waals surface area contributed by atoms with Gasteiger partial charge in [-0.1, -0.05) is 35.9 Å². The van der Waals surface area contributed by atoms with Crippen LogP contribution in [0.5, 0.6) is 5.75 Å². The van der Waals surface area contributed by atoms with E-state index in [1.807, 2.05) is 54.3 Å². The third kappa shape index (κ3) is 3.41. The summed E-state index contributed by atoms with van der Waals surface area (Å²) in [6.45, 7) is 2.77. The molecule has 1 amide bonds. The summed E-state index contributed by atoms with van der Waals surface area (Å²) in [6, 6.07) is 13.7. The number of carbonyl (C=O) groups excluding carboxylic acids is 1. The highest BCUT2D eigenvalue weighted by molar-refractivity contribution is 6.31. The average molecular weight is 344 g/mol. The normalized spacial score (nSPS) is 17.1. The van der Waals surface area contributed by atoms with Gasteiger partial charge in [0.2, 0.25) is 0 Å². The number of halogens is 1. The van der Waals surface area contributed by atoms with Crippen molar-refractivity contribution in [3.8, 4) is 5.75 Å². The number of aryl methyl sites for hydroxylation is 1. The van der Waals surface area contributed by atoms with E-state index in [2.05, 4.69) is 0 Å². The van der Waals surface area contributed by atoms with E-state index in [1.54, 1.807) is 7.11 Å². The van der Waals surface area contributed by atoms with Crippen LogP contribution in [0.4, 0.5) is 0 Å². The largest absolute Gasteiger partial charge is 0.496 e. The predicted molar refractivity (Wildman–Crippen MR) is 96.9 cm³/mol. The Hall–Kier alpha value is -2.00. The van der Waals surface area contributed by atoms with Gasteiger partial charge in [0.1, 0.15) is 5.75 Å². The van der Waals surface area contributed by atoms with Gasteiger partial charge in [-0.2, -0.15) is 0 Å². The zero-order valence-electron chi connectivity index (χ0n) is 14.1. The molecule has 3 rings (SSSR count). The van der Waals surface area contributed by atoms with Gasteiger partial charge in [-0.05, 0) is 55.5 Å². The van der Waals surface area contributed by atoms with Crippen LogP contribution in [0, 0.1) is 6.92 Å². The van der Waals surface area contributed by atoms with Crippen LogP contribution in [0.2, 0.25) is 5.02 Å². The fourth-order valence-corrected chi connectivity index (χ4v) is 3.56. The molecule has 0 saturated carbocycles. The van der Waals surface area contributed by atoms with Crippen LogP contribution in [0.3, 0.4) is 0 Å². The maximum atomic E-state index is 12.9. The summed E-state index contributed by atoms with van der Waals surface area (Å²) in [4.78, 5) is 14.9. The van der Waals surface area contributed by atoms with E-state index in [0.29, 0.717) is 5.56 Å². The fourth-order valence-electron chi connectivity index (χ4n) is 3.35. The van der Waals surface area contributed by atoms with Crippen molar-refractivity contribution in [1.29, 1.82) is 0 Å². The summed E-state index contributed by atoms with van der Waals surface area (Å²) in [6.07, 6.45) is 2.85. The lowest BCUT2D eigenvalue weighted by atomic mass is 10.0. The van der Waals surface area contributed by atoms with E-state index in [-0.39, 0.29) is 11.9 Å². The number of nitrogens with zero attached hydrogens (tertiary/aromatic N) is 1. The molecule has 1 unspecified atom stereocenters. The molecule has 0 aliphatic carbocycles. The second-order valence-electron chi connectivity index (χ2n) is 6.27. The minimum atomic E-state index is 0.0721. The van der Waals surface area contributed by atoms with Gasteiger partial charge in [-0.3, -0.25) is 4.79 Å². The van der Waals surface area contributed by atoms with Gasteiger partial charge in [0.05, 0.1) is 7.11 Å². The van der Waals surface area contributed by atoms with Crippen LogP contribution >= 0.6 is 11.6 Å². The molecule has 1 aliphatic rings. The number of hydrogen-bond acceptors (Lipinski definition) is 2. The number of methoxy groups -OCH3 is 1. The standard InChI is InChI=1S/C20H22ClNO2/c1-14-9-10-16(13-19(14)24-2)20(23)22-11-5-7-17(22)12-15-6-3-4-8-18(15)21/h3-4,6,8-10,13,17H,5,7,11-12H2,1-2H3. The smallest absolute Gasteiger partial charge is 0.254 e.